The molecule has 0 radical (unpaired) electrons. The van der Waals surface area contributed by atoms with Crippen LogP contribution < -0.4 is 0 Å². The van der Waals surface area contributed by atoms with Crippen molar-refractivity contribution in [2.45, 2.75) is 110 Å². The van der Waals surface area contributed by atoms with Crippen LogP contribution in [-0.2, 0) is 9.47 Å². The molecule has 3 nitrogen and oxygen atoms in total. The van der Waals surface area contributed by atoms with E-state index in [4.69, 9.17) is 14.6 Å². The Morgan fingerprint density at radius 1 is 0.889 bits per heavy atom. The molecule has 0 aromatic heterocycles. The number of allylic oxidation sites excluding steroid dienone is 4. The lowest BCUT2D eigenvalue weighted by Gasteiger charge is -2.17. The van der Waals surface area contributed by atoms with E-state index in [0.29, 0.717) is 12.5 Å². The van der Waals surface area contributed by atoms with Crippen LogP contribution in [0.2, 0.25) is 0 Å². The molecule has 3 atom stereocenters. The Labute approximate surface area is 168 Å². The molecule has 0 amide bonds. The first kappa shape index (κ1) is 24.4. The van der Waals surface area contributed by atoms with Crippen molar-refractivity contribution in [1.29, 1.82) is 0 Å². The first-order chi connectivity index (χ1) is 13.3. The number of hydrogen-bond acceptors (Lipinski definition) is 3. The van der Waals surface area contributed by atoms with Gasteiger partial charge >= 0.3 is 0 Å². The van der Waals surface area contributed by atoms with E-state index in [2.05, 4.69) is 38.2 Å². The summed E-state index contributed by atoms with van der Waals surface area (Å²) in [5.74, 6) is 0.390. The fraction of sp³-hybridized carbons (Fsp3) is 0.833. The molecule has 1 rings (SSSR count). The van der Waals surface area contributed by atoms with Gasteiger partial charge in [0.15, 0.2) is 6.29 Å². The van der Waals surface area contributed by atoms with Gasteiger partial charge in [0.25, 0.3) is 0 Å². The number of unbranched alkanes of at least 4 members (excludes halogenated alkanes) is 9. The van der Waals surface area contributed by atoms with E-state index in [-0.39, 0.29) is 19.0 Å². The largest absolute Gasteiger partial charge is 0.394 e. The summed E-state index contributed by atoms with van der Waals surface area (Å²) < 4.78 is 11.2. The van der Waals surface area contributed by atoms with Crippen molar-refractivity contribution in [3.63, 3.8) is 0 Å². The Morgan fingerprint density at radius 2 is 1.52 bits per heavy atom. The Morgan fingerprint density at radius 3 is 2.15 bits per heavy atom. The van der Waals surface area contributed by atoms with Crippen LogP contribution in [0.15, 0.2) is 24.3 Å². The van der Waals surface area contributed by atoms with Gasteiger partial charge < -0.3 is 14.6 Å². The summed E-state index contributed by atoms with van der Waals surface area (Å²) >= 11 is 0. The highest BCUT2D eigenvalue weighted by Gasteiger charge is 2.29. The molecule has 0 unspecified atom stereocenters. The SMILES string of the molecule is CCCCCCCCCC/C=C\C/C=C\CCC[C@H](C)[C@H]1OC[C@H](CO)O1. The average Bonchev–Trinajstić information content (AvgIpc) is 3.17. The molecule has 3 heteroatoms. The van der Waals surface area contributed by atoms with Gasteiger partial charge in [-0.1, -0.05) is 83.1 Å². The second kappa shape index (κ2) is 17.5. The zero-order valence-electron chi connectivity index (χ0n) is 17.9. The first-order valence-corrected chi connectivity index (χ1v) is 11.5. The molecule has 0 aliphatic carbocycles. The van der Waals surface area contributed by atoms with Crippen molar-refractivity contribution >= 4 is 0 Å². The van der Waals surface area contributed by atoms with Crippen LogP contribution in [0, 0.1) is 5.92 Å². The molecule has 0 saturated carbocycles. The topological polar surface area (TPSA) is 38.7 Å². The molecule has 1 fully saturated rings. The lowest BCUT2D eigenvalue weighted by molar-refractivity contribution is -0.0991. The van der Waals surface area contributed by atoms with E-state index < -0.39 is 0 Å². The van der Waals surface area contributed by atoms with Gasteiger partial charge in [-0.3, -0.25) is 0 Å². The summed E-state index contributed by atoms with van der Waals surface area (Å²) in [4.78, 5) is 0. The van der Waals surface area contributed by atoms with E-state index in [1.807, 2.05) is 0 Å². The van der Waals surface area contributed by atoms with E-state index in [0.717, 1.165) is 25.7 Å². The molecule has 158 valence electrons. The molecule has 0 bridgehead atoms. The van der Waals surface area contributed by atoms with Gasteiger partial charge in [-0.2, -0.15) is 0 Å². The average molecular weight is 381 g/mol. The number of aliphatic hydroxyl groups excluding tert-OH is 1. The summed E-state index contributed by atoms with van der Waals surface area (Å²) in [6, 6.07) is 0. The highest BCUT2D eigenvalue weighted by Crippen LogP contribution is 2.22. The standard InChI is InChI=1S/C24H44O3/c1-3-4-5-6-7-8-9-10-11-12-13-14-15-16-17-18-19-22(2)24-26-21-23(20-25)27-24/h12-13,15-16,22-25H,3-11,14,17-21H2,1-2H3/b13-12-,16-15-/t22-,23-,24-/m0/s1. The number of aliphatic hydroxyl groups is 1. The molecule has 1 saturated heterocycles. The van der Waals surface area contributed by atoms with Crippen LogP contribution in [0.5, 0.6) is 0 Å². The van der Waals surface area contributed by atoms with Crippen LogP contribution in [-0.4, -0.2) is 30.7 Å². The number of ether oxygens (including phenoxy) is 2. The van der Waals surface area contributed by atoms with Crippen LogP contribution in [0.3, 0.4) is 0 Å². The molecule has 27 heavy (non-hydrogen) atoms. The smallest absolute Gasteiger partial charge is 0.160 e. The molecule has 0 aromatic carbocycles. The van der Waals surface area contributed by atoms with Crippen LogP contribution in [0.4, 0.5) is 0 Å². The number of rotatable bonds is 17. The summed E-state index contributed by atoms with van der Waals surface area (Å²) in [5.41, 5.74) is 0. The molecule has 0 spiro atoms. The Bertz CT molecular complexity index is 378. The summed E-state index contributed by atoms with van der Waals surface area (Å²) in [5, 5.41) is 9.07. The minimum absolute atomic E-state index is 0.0541. The normalized spacial score (nSPS) is 21.6. The van der Waals surface area contributed by atoms with Gasteiger partial charge in [-0.15, -0.1) is 0 Å². The highest BCUT2D eigenvalue weighted by molar-refractivity contribution is 4.92. The minimum Gasteiger partial charge on any atom is -0.394 e. The van der Waals surface area contributed by atoms with Gasteiger partial charge in [-0.25, -0.2) is 0 Å². The Hall–Kier alpha value is -0.640. The first-order valence-electron chi connectivity index (χ1n) is 11.5. The predicted octanol–water partition coefficient (Wildman–Crippen LogP) is 6.56. The molecule has 1 aliphatic rings. The van der Waals surface area contributed by atoms with E-state index in [1.54, 1.807) is 0 Å². The fourth-order valence-electron chi connectivity index (χ4n) is 3.46. The van der Waals surface area contributed by atoms with Gasteiger partial charge in [0, 0.05) is 5.92 Å². The Kier molecular flexibility index (Phi) is 15.8. The molecular formula is C24H44O3. The van der Waals surface area contributed by atoms with Crippen LogP contribution >= 0.6 is 0 Å². The zero-order chi connectivity index (χ0) is 19.6. The quantitative estimate of drug-likeness (QED) is 0.229. The lowest BCUT2D eigenvalue weighted by atomic mass is 10.0. The van der Waals surface area contributed by atoms with Crippen molar-refractivity contribution in [1.82, 2.24) is 0 Å². The maximum Gasteiger partial charge on any atom is 0.160 e. The minimum atomic E-state index is -0.134. The predicted molar refractivity (Wildman–Crippen MR) is 115 cm³/mol. The summed E-state index contributed by atoms with van der Waals surface area (Å²) in [6.07, 6.45) is 25.8. The van der Waals surface area contributed by atoms with Gasteiger partial charge in [0.1, 0.15) is 6.10 Å². The third-order valence-electron chi connectivity index (χ3n) is 5.30. The van der Waals surface area contributed by atoms with E-state index in [9.17, 15) is 0 Å². The van der Waals surface area contributed by atoms with E-state index in [1.165, 1.54) is 57.8 Å². The van der Waals surface area contributed by atoms with Gasteiger partial charge in [0.05, 0.1) is 13.2 Å². The maximum absolute atomic E-state index is 9.07. The van der Waals surface area contributed by atoms with Crippen LogP contribution in [0.25, 0.3) is 0 Å². The van der Waals surface area contributed by atoms with Crippen LogP contribution in [0.1, 0.15) is 97.3 Å². The van der Waals surface area contributed by atoms with Crippen molar-refractivity contribution in [3.05, 3.63) is 24.3 Å². The lowest BCUT2D eigenvalue weighted by Crippen LogP contribution is -2.21. The van der Waals surface area contributed by atoms with Crippen molar-refractivity contribution in [3.8, 4) is 0 Å². The molecular weight excluding hydrogens is 336 g/mol. The monoisotopic (exact) mass is 380 g/mol. The third kappa shape index (κ3) is 13.2. The summed E-state index contributed by atoms with van der Waals surface area (Å²) in [6.45, 7) is 5.02. The van der Waals surface area contributed by atoms with Gasteiger partial charge in [0.2, 0.25) is 0 Å². The third-order valence-corrected chi connectivity index (χ3v) is 5.30. The Balaban J connectivity index is 1.86. The van der Waals surface area contributed by atoms with Crippen molar-refractivity contribution in [2.75, 3.05) is 13.2 Å². The van der Waals surface area contributed by atoms with Gasteiger partial charge in [-0.05, 0) is 38.5 Å². The molecule has 1 aliphatic heterocycles. The highest BCUT2D eigenvalue weighted by atomic mass is 16.7. The van der Waals surface area contributed by atoms with E-state index >= 15 is 0 Å². The molecule has 0 aromatic rings. The fourth-order valence-corrected chi connectivity index (χ4v) is 3.46. The van der Waals surface area contributed by atoms with Crippen molar-refractivity contribution in [2.24, 2.45) is 5.92 Å². The molecule has 1 N–H and O–H groups in total. The maximum atomic E-state index is 9.07. The second-order valence-corrected chi connectivity index (χ2v) is 7.99. The second-order valence-electron chi connectivity index (χ2n) is 7.99. The summed E-state index contributed by atoms with van der Waals surface area (Å²) in [7, 11) is 0. The van der Waals surface area contributed by atoms with Crippen molar-refractivity contribution < 1.29 is 14.6 Å². The molecule has 1 heterocycles. The zero-order valence-corrected chi connectivity index (χ0v) is 17.9. The number of hydrogen-bond donors (Lipinski definition) is 1.